The van der Waals surface area contributed by atoms with Crippen LogP contribution in [0.1, 0.15) is 94.2 Å². The Bertz CT molecular complexity index is 2540. The summed E-state index contributed by atoms with van der Waals surface area (Å²) in [6.45, 7) is 9.25. The minimum Gasteiger partial charge on any atom is -0.455 e. The summed E-state index contributed by atoms with van der Waals surface area (Å²) in [5.41, 5.74) is 15.2. The molecule has 8 aromatic rings. The summed E-state index contributed by atoms with van der Waals surface area (Å²) in [5.74, 6) is 3.05. The van der Waals surface area contributed by atoms with Gasteiger partial charge in [0, 0.05) is 22.1 Å². The molecule has 0 N–H and O–H groups in total. The lowest BCUT2D eigenvalue weighted by molar-refractivity contribution is 0.443. The summed E-state index contributed by atoms with van der Waals surface area (Å²) >= 11 is 0. The largest absolute Gasteiger partial charge is 0.455 e. The van der Waals surface area contributed by atoms with Crippen molar-refractivity contribution in [2.45, 2.75) is 77.6 Å². The monoisotopic (exact) mass is 704 g/mol. The third-order valence-corrected chi connectivity index (χ3v) is 11.5. The Kier molecular flexibility index (Phi) is 9.03. The highest BCUT2D eigenvalue weighted by Gasteiger charge is 2.25. The summed E-state index contributed by atoms with van der Waals surface area (Å²) in [4.78, 5) is 5.45. The summed E-state index contributed by atoms with van der Waals surface area (Å²) in [6.07, 6.45) is 6.60. The zero-order valence-corrected chi connectivity index (χ0v) is 31.8. The van der Waals surface area contributed by atoms with Gasteiger partial charge in [0.2, 0.25) is 0 Å². The maximum atomic E-state index is 6.78. The van der Waals surface area contributed by atoms with E-state index in [4.69, 9.17) is 9.40 Å². The van der Waals surface area contributed by atoms with Gasteiger partial charge in [0.05, 0.1) is 16.7 Å². The minimum atomic E-state index is 0.290. The van der Waals surface area contributed by atoms with Gasteiger partial charge in [-0.2, -0.15) is 0 Å². The van der Waals surface area contributed by atoms with Gasteiger partial charge in [0.25, 0.3) is 0 Å². The maximum Gasteiger partial charge on any atom is 0.145 e. The number of furan rings is 1. The molecule has 0 atom stereocenters. The second kappa shape index (κ2) is 14.3. The number of aromatic nitrogens is 2. The minimum absolute atomic E-state index is 0.290. The van der Waals surface area contributed by atoms with E-state index in [9.17, 15) is 0 Å². The Balaban J connectivity index is 1.29. The van der Waals surface area contributed by atoms with E-state index < -0.39 is 0 Å². The number of rotatable bonds is 8. The number of hydrogen-bond acceptors (Lipinski definition) is 2. The molecule has 0 amide bonds. The van der Waals surface area contributed by atoms with Gasteiger partial charge in [-0.15, -0.1) is 0 Å². The Morgan fingerprint density at radius 3 is 1.87 bits per heavy atom. The van der Waals surface area contributed by atoms with E-state index in [1.165, 1.54) is 65.6 Å². The Labute approximate surface area is 319 Å². The van der Waals surface area contributed by atoms with E-state index in [2.05, 4.69) is 172 Å². The number of para-hydroxylation sites is 2. The highest BCUT2D eigenvalue weighted by molar-refractivity contribution is 5.99. The Morgan fingerprint density at radius 1 is 0.574 bits per heavy atom. The van der Waals surface area contributed by atoms with E-state index in [0.29, 0.717) is 5.92 Å². The van der Waals surface area contributed by atoms with Crippen LogP contribution in [0.15, 0.2) is 144 Å². The lowest BCUT2D eigenvalue weighted by Crippen LogP contribution is -2.09. The lowest BCUT2D eigenvalue weighted by Gasteiger charge is -2.24. The zero-order valence-electron chi connectivity index (χ0n) is 31.8. The number of imidazole rings is 1. The first kappa shape index (κ1) is 34.1. The molecule has 268 valence electrons. The normalized spacial score (nSPS) is 13.8. The zero-order chi connectivity index (χ0) is 36.8. The van der Waals surface area contributed by atoms with Crippen molar-refractivity contribution in [1.82, 2.24) is 9.55 Å². The van der Waals surface area contributed by atoms with Crippen LogP contribution in [0.5, 0.6) is 0 Å². The van der Waals surface area contributed by atoms with Crippen molar-refractivity contribution < 1.29 is 4.42 Å². The van der Waals surface area contributed by atoms with Gasteiger partial charge in [-0.05, 0) is 106 Å². The molecule has 1 saturated carbocycles. The average Bonchev–Trinajstić information content (AvgIpc) is 3.83. The van der Waals surface area contributed by atoms with Crippen molar-refractivity contribution in [2.24, 2.45) is 0 Å². The Morgan fingerprint density at radius 2 is 1.20 bits per heavy atom. The number of benzene rings is 6. The molecule has 6 aromatic carbocycles. The van der Waals surface area contributed by atoms with Crippen molar-refractivity contribution in [1.29, 1.82) is 0 Å². The summed E-state index contributed by atoms with van der Waals surface area (Å²) in [7, 11) is 0. The fourth-order valence-corrected chi connectivity index (χ4v) is 8.67. The first-order valence-corrected chi connectivity index (χ1v) is 19.9. The van der Waals surface area contributed by atoms with E-state index in [-0.39, 0.29) is 11.8 Å². The molecule has 3 heteroatoms. The molecule has 2 aromatic heterocycles. The number of hydrogen-bond donors (Lipinski definition) is 0. The molecule has 0 unspecified atom stereocenters. The van der Waals surface area contributed by atoms with Gasteiger partial charge in [-0.3, -0.25) is 4.57 Å². The van der Waals surface area contributed by atoms with Crippen LogP contribution in [0.3, 0.4) is 0 Å². The van der Waals surface area contributed by atoms with Crippen molar-refractivity contribution in [3.63, 3.8) is 0 Å². The van der Waals surface area contributed by atoms with E-state index in [1.54, 1.807) is 0 Å². The van der Waals surface area contributed by atoms with Crippen molar-refractivity contribution >= 4 is 22.0 Å². The van der Waals surface area contributed by atoms with Crippen LogP contribution in [-0.2, 0) is 0 Å². The van der Waals surface area contributed by atoms with E-state index in [1.807, 2.05) is 0 Å². The maximum absolute atomic E-state index is 6.78. The first-order chi connectivity index (χ1) is 26.4. The van der Waals surface area contributed by atoms with Crippen molar-refractivity contribution in [3.8, 4) is 50.7 Å². The van der Waals surface area contributed by atoms with Crippen LogP contribution in [-0.4, -0.2) is 9.55 Å². The van der Waals surface area contributed by atoms with Gasteiger partial charge in [-0.25, -0.2) is 4.98 Å². The second-order valence-electron chi connectivity index (χ2n) is 15.8. The molecule has 0 aliphatic heterocycles. The van der Waals surface area contributed by atoms with Crippen LogP contribution in [0, 0.1) is 0 Å². The number of nitrogens with zero attached hydrogens (tertiary/aromatic N) is 2. The molecule has 54 heavy (non-hydrogen) atoms. The molecule has 9 rings (SSSR count). The molecule has 0 bridgehead atoms. The van der Waals surface area contributed by atoms with Crippen LogP contribution in [0.2, 0.25) is 0 Å². The molecule has 0 radical (unpaired) electrons. The third kappa shape index (κ3) is 6.26. The summed E-state index contributed by atoms with van der Waals surface area (Å²) in [5, 5.41) is 1.07. The molecule has 0 saturated heterocycles. The Hall–Kier alpha value is -5.67. The molecular weight excluding hydrogens is 657 g/mol. The summed E-state index contributed by atoms with van der Waals surface area (Å²) in [6, 6.07) is 50.8. The van der Waals surface area contributed by atoms with Gasteiger partial charge in [0.1, 0.15) is 17.2 Å². The van der Waals surface area contributed by atoms with E-state index in [0.717, 1.165) is 55.8 Å². The highest BCUT2D eigenvalue weighted by Crippen LogP contribution is 2.43. The molecule has 2 heterocycles. The SMILES string of the molecule is CC(C)c1cc(-c2ccccc2)cc(C(C)C)c1-n1c(-c2cc(-c3ccc(C4CCCCC4)cc3)c3oc(-c4ccccc4)cc3c2)nc2ccccc21. The summed E-state index contributed by atoms with van der Waals surface area (Å²) < 4.78 is 9.23. The average molecular weight is 705 g/mol. The molecule has 1 aliphatic carbocycles. The topological polar surface area (TPSA) is 31.0 Å². The van der Waals surface area contributed by atoms with Crippen molar-refractivity contribution in [3.05, 3.63) is 156 Å². The molecular formula is C51H48N2O. The number of fused-ring (bicyclic) bond motifs is 2. The van der Waals surface area contributed by atoms with Gasteiger partial charge in [0.15, 0.2) is 0 Å². The second-order valence-corrected chi connectivity index (χ2v) is 15.8. The van der Waals surface area contributed by atoms with Crippen molar-refractivity contribution in [2.75, 3.05) is 0 Å². The fourth-order valence-electron chi connectivity index (χ4n) is 8.67. The van der Waals surface area contributed by atoms with Gasteiger partial charge < -0.3 is 4.42 Å². The molecule has 1 aliphatic rings. The molecule has 0 spiro atoms. The van der Waals surface area contributed by atoms with Gasteiger partial charge in [-0.1, -0.05) is 144 Å². The molecule has 1 fully saturated rings. The van der Waals surface area contributed by atoms with Crippen LogP contribution < -0.4 is 0 Å². The van der Waals surface area contributed by atoms with E-state index >= 15 is 0 Å². The smallest absolute Gasteiger partial charge is 0.145 e. The van der Waals surface area contributed by atoms with Crippen LogP contribution in [0.4, 0.5) is 0 Å². The van der Waals surface area contributed by atoms with Crippen LogP contribution >= 0.6 is 0 Å². The molecule has 3 nitrogen and oxygen atoms in total. The predicted molar refractivity (Wildman–Crippen MR) is 227 cm³/mol. The first-order valence-electron chi connectivity index (χ1n) is 19.9. The fraction of sp³-hybridized carbons (Fsp3) is 0.235. The van der Waals surface area contributed by atoms with Crippen LogP contribution in [0.25, 0.3) is 72.7 Å². The quantitative estimate of drug-likeness (QED) is 0.158. The standard InChI is InChI=1S/C51H48N2O/c1-33(2)43-29-40(36-18-10-6-11-19-36)30-44(34(3)4)49(43)53-47-23-15-14-22-46(47)52-51(53)42-28-41-32-48(39-20-12-7-13-21-39)54-50(41)45(31-42)38-26-24-37(25-27-38)35-16-8-5-9-17-35/h6-7,10-15,18-35H,5,8-9,16-17H2,1-4H3. The predicted octanol–water partition coefficient (Wildman–Crippen LogP) is 14.7. The lowest BCUT2D eigenvalue weighted by atomic mass is 9.83. The van der Waals surface area contributed by atoms with Gasteiger partial charge >= 0.3 is 0 Å². The third-order valence-electron chi connectivity index (χ3n) is 11.5. The highest BCUT2D eigenvalue weighted by atomic mass is 16.3.